The first-order valence-corrected chi connectivity index (χ1v) is 7.65. The van der Waals surface area contributed by atoms with Gasteiger partial charge in [0.15, 0.2) is 11.6 Å². The Kier molecular flexibility index (Phi) is 4.08. The Morgan fingerprint density at radius 3 is 1.71 bits per heavy atom. The summed E-state index contributed by atoms with van der Waals surface area (Å²) < 4.78 is 0. The van der Waals surface area contributed by atoms with E-state index in [4.69, 9.17) is 0 Å². The van der Waals surface area contributed by atoms with Crippen LogP contribution in [0.1, 0.15) is 60.3 Å². The lowest BCUT2D eigenvalue weighted by molar-refractivity contribution is 0.0876. The van der Waals surface area contributed by atoms with E-state index in [9.17, 15) is 19.2 Å². The largest absolute Gasteiger partial charge is 0.294 e. The molecule has 120 valence electrons. The predicted molar refractivity (Wildman–Crippen MR) is 87.3 cm³/mol. The molecule has 5 heteroatoms. The molecular formula is C19H15NO4. The third kappa shape index (κ3) is 2.76. The summed E-state index contributed by atoms with van der Waals surface area (Å²) in [6, 6.07) is 13.1. The Labute approximate surface area is 138 Å². The summed E-state index contributed by atoms with van der Waals surface area (Å²) >= 11 is 0. The molecule has 0 saturated heterocycles. The minimum Gasteiger partial charge on any atom is -0.294 e. The molecule has 0 unspecified atom stereocenters. The average molecular weight is 321 g/mol. The zero-order chi connectivity index (χ0) is 17.3. The molecule has 1 N–H and O–H groups in total. The summed E-state index contributed by atoms with van der Waals surface area (Å²) in [6.45, 7) is 2.16. The van der Waals surface area contributed by atoms with Gasteiger partial charge in [-0.1, -0.05) is 37.3 Å². The summed E-state index contributed by atoms with van der Waals surface area (Å²) in [7, 11) is 0. The van der Waals surface area contributed by atoms with Crippen molar-refractivity contribution in [3.63, 3.8) is 0 Å². The van der Waals surface area contributed by atoms with Gasteiger partial charge in [0.1, 0.15) is 0 Å². The topological polar surface area (TPSA) is 80.3 Å². The first-order chi connectivity index (χ1) is 11.5. The molecule has 0 atom stereocenters. The van der Waals surface area contributed by atoms with Crippen LogP contribution < -0.4 is 5.32 Å². The Balaban J connectivity index is 0.000000179. The molecule has 2 aromatic carbocycles. The molecule has 1 aliphatic heterocycles. The van der Waals surface area contributed by atoms with Crippen molar-refractivity contribution in [2.24, 2.45) is 0 Å². The number of rotatable bonds is 1. The van der Waals surface area contributed by atoms with E-state index in [0.29, 0.717) is 0 Å². The van der Waals surface area contributed by atoms with Crippen LogP contribution in [0.4, 0.5) is 0 Å². The van der Waals surface area contributed by atoms with E-state index < -0.39 is 11.8 Å². The highest BCUT2D eigenvalue weighted by molar-refractivity contribution is 6.28. The van der Waals surface area contributed by atoms with Crippen molar-refractivity contribution >= 4 is 23.4 Å². The number of imide groups is 1. The number of benzene rings is 2. The number of amides is 2. The number of hydrogen-bond acceptors (Lipinski definition) is 4. The van der Waals surface area contributed by atoms with Crippen molar-refractivity contribution in [1.82, 2.24) is 5.32 Å². The fraction of sp³-hybridized carbons (Fsp3) is 0.158. The number of carbonyl (C=O) groups excluding carboxylic acids is 4. The van der Waals surface area contributed by atoms with Crippen LogP contribution in [0.25, 0.3) is 0 Å². The molecule has 0 aromatic heterocycles. The van der Waals surface area contributed by atoms with Crippen LogP contribution in [-0.4, -0.2) is 23.4 Å². The number of ketones is 2. The van der Waals surface area contributed by atoms with Crippen molar-refractivity contribution in [2.45, 2.75) is 19.8 Å². The van der Waals surface area contributed by atoms with E-state index in [-0.39, 0.29) is 40.2 Å². The molecular weight excluding hydrogens is 306 g/mol. The van der Waals surface area contributed by atoms with E-state index in [1.54, 1.807) is 0 Å². The molecule has 0 saturated carbocycles. The first-order valence-electron chi connectivity index (χ1n) is 7.65. The third-order valence-electron chi connectivity index (χ3n) is 4.05. The maximum absolute atomic E-state index is 11.4. The third-order valence-corrected chi connectivity index (χ3v) is 4.05. The van der Waals surface area contributed by atoms with Gasteiger partial charge in [0.25, 0.3) is 11.8 Å². The van der Waals surface area contributed by atoms with Gasteiger partial charge in [-0.05, 0) is 24.1 Å². The van der Waals surface area contributed by atoms with E-state index in [2.05, 4.69) is 36.5 Å². The normalized spacial score (nSPS) is 14.7. The van der Waals surface area contributed by atoms with Crippen LogP contribution >= 0.6 is 0 Å². The van der Waals surface area contributed by atoms with E-state index in [1.165, 1.54) is 17.7 Å². The predicted octanol–water partition coefficient (Wildman–Crippen LogP) is 2.59. The maximum Gasteiger partial charge on any atom is 0.258 e. The van der Waals surface area contributed by atoms with Crippen LogP contribution in [0.5, 0.6) is 0 Å². The van der Waals surface area contributed by atoms with Gasteiger partial charge in [0.05, 0.1) is 17.5 Å². The Morgan fingerprint density at radius 2 is 1.29 bits per heavy atom. The molecule has 0 spiro atoms. The highest BCUT2D eigenvalue weighted by atomic mass is 16.2. The van der Waals surface area contributed by atoms with Gasteiger partial charge in [-0.3, -0.25) is 24.5 Å². The van der Waals surface area contributed by atoms with Crippen LogP contribution in [0, 0.1) is 0 Å². The molecule has 5 nitrogen and oxygen atoms in total. The highest BCUT2D eigenvalue weighted by Gasteiger charge is 2.34. The molecule has 2 aliphatic rings. The fourth-order valence-electron chi connectivity index (χ4n) is 2.72. The Morgan fingerprint density at radius 1 is 0.792 bits per heavy atom. The SMILES string of the molecule is CCc1ccccc1.O=C1CC(=O)c2cc3c(cc21)C(=O)NC3=O. The van der Waals surface area contributed by atoms with Crippen molar-refractivity contribution < 1.29 is 19.2 Å². The van der Waals surface area contributed by atoms with Crippen molar-refractivity contribution in [3.8, 4) is 0 Å². The maximum atomic E-state index is 11.4. The lowest BCUT2D eigenvalue weighted by atomic mass is 10.0. The minimum absolute atomic E-state index is 0.173. The Bertz CT molecular complexity index is 768. The molecule has 4 rings (SSSR count). The van der Waals surface area contributed by atoms with Gasteiger partial charge in [-0.2, -0.15) is 0 Å². The van der Waals surface area contributed by atoms with Crippen molar-refractivity contribution in [2.75, 3.05) is 0 Å². The van der Waals surface area contributed by atoms with Crippen LogP contribution in [-0.2, 0) is 6.42 Å². The number of nitrogens with one attached hydrogen (secondary N) is 1. The lowest BCUT2D eigenvalue weighted by Gasteiger charge is -1.98. The standard InChI is InChI=1S/C11H5NO4.C8H10/c13-8-3-9(14)5-2-7-6(1-4(5)8)10(15)12-11(7)16;1-2-8-6-4-3-5-7-8/h1-2H,3H2,(H,12,15,16);3-7H,2H2,1H3. The van der Waals surface area contributed by atoms with Gasteiger partial charge >= 0.3 is 0 Å². The molecule has 1 aliphatic carbocycles. The van der Waals surface area contributed by atoms with Gasteiger partial charge < -0.3 is 0 Å². The summed E-state index contributed by atoms with van der Waals surface area (Å²) in [4.78, 5) is 45.5. The van der Waals surface area contributed by atoms with Crippen LogP contribution in [0.2, 0.25) is 0 Å². The van der Waals surface area contributed by atoms with Crippen LogP contribution in [0.3, 0.4) is 0 Å². The van der Waals surface area contributed by atoms with Gasteiger partial charge in [0, 0.05) is 11.1 Å². The molecule has 1 heterocycles. The second-order valence-electron chi connectivity index (χ2n) is 5.59. The van der Waals surface area contributed by atoms with E-state index in [1.807, 2.05) is 6.07 Å². The monoisotopic (exact) mass is 321 g/mol. The average Bonchev–Trinajstić information content (AvgIpc) is 3.04. The summed E-state index contributed by atoms with van der Waals surface area (Å²) in [5, 5.41) is 2.11. The molecule has 2 amide bonds. The number of Topliss-reactive ketones (excluding diaryl/α,β-unsaturated/α-hetero) is 2. The lowest BCUT2D eigenvalue weighted by Crippen LogP contribution is -2.19. The van der Waals surface area contributed by atoms with Gasteiger partial charge in [-0.15, -0.1) is 0 Å². The number of fused-ring (bicyclic) bond motifs is 2. The Hall–Kier alpha value is -3.08. The minimum atomic E-state index is -0.519. The number of carbonyl (C=O) groups is 4. The summed E-state index contributed by atoms with van der Waals surface area (Å²) in [5.41, 5.74) is 2.24. The first kappa shape index (κ1) is 15.8. The zero-order valence-electron chi connectivity index (χ0n) is 13.1. The highest BCUT2D eigenvalue weighted by Crippen LogP contribution is 2.27. The zero-order valence-corrected chi connectivity index (χ0v) is 13.1. The quantitative estimate of drug-likeness (QED) is 0.646. The molecule has 24 heavy (non-hydrogen) atoms. The second-order valence-corrected chi connectivity index (χ2v) is 5.59. The van der Waals surface area contributed by atoms with Crippen molar-refractivity contribution in [1.29, 1.82) is 0 Å². The molecule has 0 fully saturated rings. The number of hydrogen-bond donors (Lipinski definition) is 1. The smallest absolute Gasteiger partial charge is 0.258 e. The number of aryl methyl sites for hydroxylation is 1. The van der Waals surface area contributed by atoms with E-state index >= 15 is 0 Å². The second kappa shape index (κ2) is 6.20. The van der Waals surface area contributed by atoms with Crippen molar-refractivity contribution in [3.05, 3.63) is 70.3 Å². The summed E-state index contributed by atoms with van der Waals surface area (Å²) in [6.07, 6.45) is 0.967. The molecule has 2 aromatic rings. The van der Waals surface area contributed by atoms with E-state index in [0.717, 1.165) is 6.42 Å². The summed E-state index contributed by atoms with van der Waals surface area (Å²) in [5.74, 6) is -1.63. The fourth-order valence-corrected chi connectivity index (χ4v) is 2.72. The molecule has 0 bridgehead atoms. The molecule has 0 radical (unpaired) electrons. The van der Waals surface area contributed by atoms with Gasteiger partial charge in [-0.25, -0.2) is 0 Å². The van der Waals surface area contributed by atoms with Crippen LogP contribution in [0.15, 0.2) is 42.5 Å². The van der Waals surface area contributed by atoms with Gasteiger partial charge in [0.2, 0.25) is 0 Å².